The molecule has 116 valence electrons. The van der Waals surface area contributed by atoms with Crippen LogP contribution in [0.4, 0.5) is 10.2 Å². The van der Waals surface area contributed by atoms with Gasteiger partial charge in [-0.1, -0.05) is 12.1 Å². The highest BCUT2D eigenvalue weighted by molar-refractivity contribution is 5.98. The lowest BCUT2D eigenvalue weighted by Gasteiger charge is -2.17. The zero-order valence-corrected chi connectivity index (χ0v) is 12.8. The smallest absolute Gasteiger partial charge is 0.269 e. The lowest BCUT2D eigenvalue weighted by molar-refractivity contribution is -0.123. The summed E-state index contributed by atoms with van der Waals surface area (Å²) in [6.45, 7) is 4.08. The molecule has 1 aliphatic rings. The number of aromatic nitrogens is 2. The third-order valence-electron chi connectivity index (χ3n) is 3.84. The fraction of sp³-hybridized carbons (Fsp3) is 0.375. The van der Waals surface area contributed by atoms with Gasteiger partial charge in [0.2, 0.25) is 0 Å². The lowest BCUT2D eigenvalue weighted by atomic mass is 10.2. The molecule has 1 aromatic carbocycles. The quantitative estimate of drug-likeness (QED) is 0.874. The molecule has 0 saturated carbocycles. The first kappa shape index (κ1) is 14.6. The van der Waals surface area contributed by atoms with Gasteiger partial charge in [-0.2, -0.15) is 5.10 Å². The van der Waals surface area contributed by atoms with Crippen molar-refractivity contribution in [3.05, 3.63) is 41.3 Å². The monoisotopic (exact) mass is 303 g/mol. The molecule has 0 radical (unpaired) electrons. The van der Waals surface area contributed by atoms with E-state index in [1.807, 2.05) is 13.0 Å². The molecule has 1 saturated heterocycles. The summed E-state index contributed by atoms with van der Waals surface area (Å²) in [4.78, 5) is 14.1. The molecule has 1 amide bonds. The summed E-state index contributed by atoms with van der Waals surface area (Å²) < 4.78 is 21.3. The summed E-state index contributed by atoms with van der Waals surface area (Å²) in [5.74, 6) is 0.286. The molecule has 22 heavy (non-hydrogen) atoms. The van der Waals surface area contributed by atoms with Crippen LogP contribution in [0, 0.1) is 19.7 Å². The third kappa shape index (κ3) is 2.45. The van der Waals surface area contributed by atoms with Crippen molar-refractivity contribution in [2.24, 2.45) is 7.05 Å². The molecule has 2 aromatic rings. The topological polar surface area (TPSA) is 47.4 Å². The second-order valence-electron chi connectivity index (χ2n) is 5.54. The molecular formula is C16H18FN3O2. The fourth-order valence-corrected chi connectivity index (χ4v) is 2.70. The number of carbonyl (C=O) groups is 1. The summed E-state index contributed by atoms with van der Waals surface area (Å²) in [7, 11) is 1.80. The van der Waals surface area contributed by atoms with Crippen molar-refractivity contribution >= 4 is 11.7 Å². The summed E-state index contributed by atoms with van der Waals surface area (Å²) in [6, 6.07) is 6.79. The number of nitrogens with zero attached hydrogens (tertiary/aromatic N) is 3. The minimum Gasteiger partial charge on any atom is -0.477 e. The van der Waals surface area contributed by atoms with Gasteiger partial charge in [-0.15, -0.1) is 0 Å². The zero-order valence-electron chi connectivity index (χ0n) is 12.8. The van der Waals surface area contributed by atoms with E-state index in [4.69, 9.17) is 4.74 Å². The largest absolute Gasteiger partial charge is 0.477 e. The number of amides is 1. The van der Waals surface area contributed by atoms with Gasteiger partial charge in [0.25, 0.3) is 5.91 Å². The van der Waals surface area contributed by atoms with Crippen molar-refractivity contribution < 1.29 is 13.9 Å². The minimum atomic E-state index is -0.661. The molecule has 1 aliphatic heterocycles. The number of aryl methyl sites for hydroxylation is 3. The Balaban J connectivity index is 1.79. The first-order valence-electron chi connectivity index (χ1n) is 7.21. The van der Waals surface area contributed by atoms with Gasteiger partial charge in [0.1, 0.15) is 5.82 Å². The van der Waals surface area contributed by atoms with Gasteiger partial charge >= 0.3 is 0 Å². The van der Waals surface area contributed by atoms with Crippen LogP contribution >= 0.6 is 0 Å². The fourth-order valence-electron chi connectivity index (χ4n) is 2.70. The van der Waals surface area contributed by atoms with Crippen molar-refractivity contribution in [2.75, 3.05) is 11.4 Å². The van der Waals surface area contributed by atoms with Gasteiger partial charge < -0.3 is 4.74 Å². The number of hydrogen-bond donors (Lipinski definition) is 0. The van der Waals surface area contributed by atoms with Crippen LogP contribution in [-0.4, -0.2) is 28.3 Å². The maximum Gasteiger partial charge on any atom is 0.269 e. The highest BCUT2D eigenvalue weighted by Crippen LogP contribution is 2.27. The standard InChI is InChI=1S/C16H18FN3O2/c1-10-5-4-6-12(15(10)17)22-13-7-8-20(16(13)21)14-9-11(2)18-19(14)3/h4-6,9,13H,7-8H2,1-3H3. The number of rotatable bonds is 3. The van der Waals surface area contributed by atoms with Crippen molar-refractivity contribution in [3.8, 4) is 5.75 Å². The van der Waals surface area contributed by atoms with Crippen molar-refractivity contribution in [3.63, 3.8) is 0 Å². The van der Waals surface area contributed by atoms with Gasteiger partial charge in [0.05, 0.1) is 5.69 Å². The van der Waals surface area contributed by atoms with Crippen LogP contribution in [0.3, 0.4) is 0 Å². The number of ether oxygens (including phenoxy) is 1. The van der Waals surface area contributed by atoms with Gasteiger partial charge in [0.15, 0.2) is 17.7 Å². The number of benzene rings is 1. The Morgan fingerprint density at radius 3 is 2.82 bits per heavy atom. The van der Waals surface area contributed by atoms with E-state index in [0.717, 1.165) is 11.5 Å². The average Bonchev–Trinajstić information content (AvgIpc) is 2.98. The van der Waals surface area contributed by atoms with Gasteiger partial charge in [-0.25, -0.2) is 4.39 Å². The highest BCUT2D eigenvalue weighted by Gasteiger charge is 2.36. The van der Waals surface area contributed by atoms with E-state index in [-0.39, 0.29) is 11.7 Å². The van der Waals surface area contributed by atoms with Crippen LogP contribution < -0.4 is 9.64 Å². The number of anilines is 1. The molecule has 1 unspecified atom stereocenters. The summed E-state index contributed by atoms with van der Waals surface area (Å²) in [5.41, 5.74) is 1.35. The van der Waals surface area contributed by atoms with E-state index in [1.165, 1.54) is 0 Å². The number of halogens is 1. The van der Waals surface area contributed by atoms with E-state index in [1.54, 1.807) is 41.8 Å². The van der Waals surface area contributed by atoms with E-state index >= 15 is 0 Å². The minimum absolute atomic E-state index is 0.126. The Morgan fingerprint density at radius 2 is 2.14 bits per heavy atom. The maximum absolute atomic E-state index is 14.0. The molecule has 2 heterocycles. The summed E-state index contributed by atoms with van der Waals surface area (Å²) in [5, 5.41) is 4.25. The molecular weight excluding hydrogens is 285 g/mol. The van der Waals surface area contributed by atoms with Crippen molar-refractivity contribution in [1.82, 2.24) is 9.78 Å². The van der Waals surface area contributed by atoms with Crippen LogP contribution in [0.1, 0.15) is 17.7 Å². The van der Waals surface area contributed by atoms with Crippen LogP contribution in [0.15, 0.2) is 24.3 Å². The SMILES string of the molecule is Cc1cc(N2CCC(Oc3cccc(C)c3F)C2=O)n(C)n1. The van der Waals surface area contributed by atoms with E-state index in [9.17, 15) is 9.18 Å². The molecule has 6 heteroatoms. The van der Waals surface area contributed by atoms with Crippen molar-refractivity contribution in [1.29, 1.82) is 0 Å². The van der Waals surface area contributed by atoms with Gasteiger partial charge in [-0.05, 0) is 25.5 Å². The molecule has 1 atom stereocenters. The van der Waals surface area contributed by atoms with Crippen molar-refractivity contribution in [2.45, 2.75) is 26.4 Å². The maximum atomic E-state index is 14.0. The predicted octanol–water partition coefficient (Wildman–Crippen LogP) is 2.36. The average molecular weight is 303 g/mol. The molecule has 3 rings (SSSR count). The van der Waals surface area contributed by atoms with E-state index in [2.05, 4.69) is 5.10 Å². The number of hydrogen-bond acceptors (Lipinski definition) is 3. The molecule has 0 spiro atoms. The number of carbonyl (C=O) groups excluding carboxylic acids is 1. The summed E-state index contributed by atoms with van der Waals surface area (Å²) >= 11 is 0. The zero-order chi connectivity index (χ0) is 15.9. The molecule has 1 aromatic heterocycles. The van der Waals surface area contributed by atoms with Crippen LogP contribution in [0.2, 0.25) is 0 Å². The third-order valence-corrected chi connectivity index (χ3v) is 3.84. The second-order valence-corrected chi connectivity index (χ2v) is 5.54. The Bertz CT molecular complexity index is 726. The Morgan fingerprint density at radius 1 is 1.36 bits per heavy atom. The van der Waals surface area contributed by atoms with Crippen LogP contribution in [0.25, 0.3) is 0 Å². The predicted molar refractivity (Wildman–Crippen MR) is 80.5 cm³/mol. The molecule has 0 N–H and O–H groups in total. The Hall–Kier alpha value is -2.37. The molecule has 0 aliphatic carbocycles. The van der Waals surface area contributed by atoms with Crippen LogP contribution in [-0.2, 0) is 11.8 Å². The first-order valence-corrected chi connectivity index (χ1v) is 7.21. The lowest BCUT2D eigenvalue weighted by Crippen LogP contribution is -2.33. The van der Waals surface area contributed by atoms with Gasteiger partial charge in [0, 0.05) is 26.1 Å². The Kier molecular flexibility index (Phi) is 3.60. The highest BCUT2D eigenvalue weighted by atomic mass is 19.1. The Labute approximate surface area is 128 Å². The van der Waals surface area contributed by atoms with E-state index < -0.39 is 11.9 Å². The normalized spacial score (nSPS) is 18.1. The van der Waals surface area contributed by atoms with E-state index in [0.29, 0.717) is 18.5 Å². The first-order chi connectivity index (χ1) is 10.5. The molecule has 0 bridgehead atoms. The van der Waals surface area contributed by atoms with Crippen LogP contribution in [0.5, 0.6) is 5.75 Å². The van der Waals surface area contributed by atoms with Gasteiger partial charge in [-0.3, -0.25) is 14.4 Å². The summed E-state index contributed by atoms with van der Waals surface area (Å²) in [6.07, 6.45) is -0.136. The molecule has 5 nitrogen and oxygen atoms in total. The molecule has 1 fully saturated rings. The second kappa shape index (κ2) is 5.44.